The van der Waals surface area contributed by atoms with Crippen LogP contribution in [-0.4, -0.2) is 11.5 Å². The van der Waals surface area contributed by atoms with Gasteiger partial charge in [-0.1, -0.05) is 33.8 Å². The van der Waals surface area contributed by atoms with Gasteiger partial charge in [0.25, 0.3) is 0 Å². The second-order valence-electron chi connectivity index (χ2n) is 5.75. The summed E-state index contributed by atoms with van der Waals surface area (Å²) in [6.07, 6.45) is 3.93. The van der Waals surface area contributed by atoms with Crippen molar-refractivity contribution in [3.63, 3.8) is 0 Å². The third-order valence-corrected chi connectivity index (χ3v) is 2.70. The van der Waals surface area contributed by atoms with Crippen molar-refractivity contribution < 1.29 is 0 Å². The van der Waals surface area contributed by atoms with Gasteiger partial charge in [0, 0.05) is 17.8 Å². The summed E-state index contributed by atoms with van der Waals surface area (Å²) in [5.41, 5.74) is 7.35. The molecule has 17 heavy (non-hydrogen) atoms. The summed E-state index contributed by atoms with van der Waals surface area (Å²) in [5, 5.41) is 3.56. The van der Waals surface area contributed by atoms with Crippen LogP contribution in [0.15, 0.2) is 18.3 Å². The third-order valence-electron chi connectivity index (χ3n) is 2.70. The van der Waals surface area contributed by atoms with Crippen molar-refractivity contribution in [1.29, 1.82) is 0 Å². The van der Waals surface area contributed by atoms with Crippen LogP contribution >= 0.6 is 0 Å². The van der Waals surface area contributed by atoms with E-state index >= 15 is 0 Å². The first kappa shape index (κ1) is 14.0. The molecule has 0 fully saturated rings. The van der Waals surface area contributed by atoms with Gasteiger partial charge in [-0.2, -0.15) is 0 Å². The second-order valence-corrected chi connectivity index (χ2v) is 5.75. The zero-order valence-corrected chi connectivity index (χ0v) is 11.5. The maximum absolute atomic E-state index is 5.96. The molecule has 3 heteroatoms. The fraction of sp³-hybridized carbons (Fsp3) is 0.643. The number of nitrogen functional groups attached to an aromatic ring is 1. The molecule has 1 rings (SSSR count). The SMILES string of the molecule is CCCNC(CC(C)(C)C)c1cccnc1N. The van der Waals surface area contributed by atoms with E-state index in [1.54, 1.807) is 6.20 Å². The molecule has 3 nitrogen and oxygen atoms in total. The Kier molecular flexibility index (Phi) is 4.94. The van der Waals surface area contributed by atoms with Crippen LogP contribution in [0.3, 0.4) is 0 Å². The molecule has 1 unspecified atom stereocenters. The first-order chi connectivity index (χ1) is 7.94. The van der Waals surface area contributed by atoms with Crippen LogP contribution in [0.5, 0.6) is 0 Å². The monoisotopic (exact) mass is 235 g/mol. The summed E-state index contributed by atoms with van der Waals surface area (Å²) in [7, 11) is 0. The highest BCUT2D eigenvalue weighted by molar-refractivity contribution is 5.40. The fourth-order valence-corrected chi connectivity index (χ4v) is 1.95. The summed E-state index contributed by atoms with van der Waals surface area (Å²) < 4.78 is 0. The van der Waals surface area contributed by atoms with Crippen LogP contribution in [0.25, 0.3) is 0 Å². The number of hydrogen-bond acceptors (Lipinski definition) is 3. The number of hydrogen-bond donors (Lipinski definition) is 2. The Bertz CT molecular complexity index is 342. The minimum atomic E-state index is 0.272. The standard InChI is InChI=1S/C14H25N3/c1-5-8-16-12(10-14(2,3)4)11-7-6-9-17-13(11)15/h6-7,9,12,16H,5,8,10H2,1-4H3,(H2,15,17). The van der Waals surface area contributed by atoms with Crippen LogP contribution in [0.4, 0.5) is 5.82 Å². The van der Waals surface area contributed by atoms with Crippen molar-refractivity contribution in [1.82, 2.24) is 10.3 Å². The van der Waals surface area contributed by atoms with E-state index < -0.39 is 0 Å². The quantitative estimate of drug-likeness (QED) is 0.824. The van der Waals surface area contributed by atoms with Crippen LogP contribution in [0.1, 0.15) is 52.1 Å². The Morgan fingerprint density at radius 1 is 1.41 bits per heavy atom. The van der Waals surface area contributed by atoms with E-state index in [0.29, 0.717) is 11.9 Å². The summed E-state index contributed by atoms with van der Waals surface area (Å²) in [5.74, 6) is 0.644. The Morgan fingerprint density at radius 3 is 2.65 bits per heavy atom. The van der Waals surface area contributed by atoms with E-state index in [2.05, 4.69) is 44.1 Å². The van der Waals surface area contributed by atoms with E-state index in [0.717, 1.165) is 24.9 Å². The Labute approximate surface area is 105 Å². The molecule has 1 atom stereocenters. The molecule has 0 aromatic carbocycles. The molecule has 1 aromatic heterocycles. The molecular weight excluding hydrogens is 210 g/mol. The topological polar surface area (TPSA) is 50.9 Å². The minimum absolute atomic E-state index is 0.272. The predicted molar refractivity (Wildman–Crippen MR) is 73.8 cm³/mol. The predicted octanol–water partition coefficient (Wildman–Crippen LogP) is 3.14. The number of nitrogens with two attached hydrogens (primary N) is 1. The van der Waals surface area contributed by atoms with Gasteiger partial charge in [0.05, 0.1) is 0 Å². The maximum atomic E-state index is 5.96. The molecule has 0 saturated heterocycles. The molecule has 0 bridgehead atoms. The largest absolute Gasteiger partial charge is 0.383 e. The lowest BCUT2D eigenvalue weighted by molar-refractivity contribution is 0.312. The number of anilines is 1. The summed E-state index contributed by atoms with van der Waals surface area (Å²) in [6, 6.07) is 4.32. The highest BCUT2D eigenvalue weighted by atomic mass is 14.9. The molecule has 0 aliphatic carbocycles. The number of nitrogens with zero attached hydrogens (tertiary/aromatic N) is 1. The highest BCUT2D eigenvalue weighted by Gasteiger charge is 2.21. The highest BCUT2D eigenvalue weighted by Crippen LogP contribution is 2.31. The molecule has 1 aromatic rings. The van der Waals surface area contributed by atoms with E-state index in [4.69, 9.17) is 5.73 Å². The second kappa shape index (κ2) is 6.01. The van der Waals surface area contributed by atoms with Gasteiger partial charge in [-0.3, -0.25) is 0 Å². The molecule has 0 spiro atoms. The van der Waals surface area contributed by atoms with Crippen LogP contribution in [0, 0.1) is 5.41 Å². The zero-order chi connectivity index (χ0) is 12.9. The Balaban J connectivity index is 2.86. The minimum Gasteiger partial charge on any atom is -0.383 e. The summed E-state index contributed by atoms with van der Waals surface area (Å²) in [4.78, 5) is 4.18. The lowest BCUT2D eigenvalue weighted by atomic mass is 9.85. The Morgan fingerprint density at radius 2 is 2.12 bits per heavy atom. The fourth-order valence-electron chi connectivity index (χ4n) is 1.95. The van der Waals surface area contributed by atoms with Crippen molar-refractivity contribution in [2.45, 2.75) is 46.6 Å². The molecule has 0 saturated carbocycles. The zero-order valence-electron chi connectivity index (χ0n) is 11.5. The lowest BCUT2D eigenvalue weighted by Gasteiger charge is -2.27. The summed E-state index contributed by atoms with van der Waals surface area (Å²) >= 11 is 0. The van der Waals surface area contributed by atoms with Gasteiger partial charge < -0.3 is 11.1 Å². The van der Waals surface area contributed by atoms with E-state index in [1.807, 2.05) is 6.07 Å². The smallest absolute Gasteiger partial charge is 0.128 e. The van der Waals surface area contributed by atoms with Gasteiger partial charge in [-0.25, -0.2) is 4.98 Å². The van der Waals surface area contributed by atoms with Crippen molar-refractivity contribution in [2.75, 3.05) is 12.3 Å². The van der Waals surface area contributed by atoms with E-state index in [1.165, 1.54) is 0 Å². The van der Waals surface area contributed by atoms with Gasteiger partial charge in [0.15, 0.2) is 0 Å². The first-order valence-corrected chi connectivity index (χ1v) is 6.38. The first-order valence-electron chi connectivity index (χ1n) is 6.38. The molecule has 0 aliphatic heterocycles. The molecule has 0 amide bonds. The number of aromatic nitrogens is 1. The lowest BCUT2D eigenvalue weighted by Crippen LogP contribution is -2.27. The average molecular weight is 235 g/mol. The molecular formula is C14H25N3. The van der Waals surface area contributed by atoms with Gasteiger partial charge in [-0.05, 0) is 30.9 Å². The van der Waals surface area contributed by atoms with Gasteiger partial charge in [0.1, 0.15) is 5.82 Å². The summed E-state index contributed by atoms with van der Waals surface area (Å²) in [6.45, 7) is 9.93. The average Bonchev–Trinajstić information content (AvgIpc) is 2.23. The van der Waals surface area contributed by atoms with Crippen LogP contribution in [0.2, 0.25) is 0 Å². The maximum Gasteiger partial charge on any atom is 0.128 e. The molecule has 0 aliphatic rings. The van der Waals surface area contributed by atoms with Crippen LogP contribution in [-0.2, 0) is 0 Å². The third kappa shape index (κ3) is 4.73. The number of rotatable bonds is 5. The molecule has 3 N–H and O–H groups in total. The van der Waals surface area contributed by atoms with Crippen molar-refractivity contribution >= 4 is 5.82 Å². The Hall–Kier alpha value is -1.09. The van der Waals surface area contributed by atoms with Crippen molar-refractivity contribution in [2.24, 2.45) is 5.41 Å². The number of nitrogens with one attached hydrogen (secondary N) is 1. The molecule has 0 radical (unpaired) electrons. The van der Waals surface area contributed by atoms with E-state index in [9.17, 15) is 0 Å². The van der Waals surface area contributed by atoms with Gasteiger partial charge >= 0.3 is 0 Å². The van der Waals surface area contributed by atoms with Crippen molar-refractivity contribution in [3.8, 4) is 0 Å². The normalized spacial score (nSPS) is 13.6. The van der Waals surface area contributed by atoms with Gasteiger partial charge in [0.2, 0.25) is 0 Å². The van der Waals surface area contributed by atoms with Crippen molar-refractivity contribution in [3.05, 3.63) is 23.9 Å². The van der Waals surface area contributed by atoms with Crippen LogP contribution < -0.4 is 11.1 Å². The molecule has 1 heterocycles. The van der Waals surface area contributed by atoms with Gasteiger partial charge in [-0.15, -0.1) is 0 Å². The number of pyridine rings is 1. The molecule has 96 valence electrons. The van der Waals surface area contributed by atoms with E-state index in [-0.39, 0.29) is 5.41 Å².